The maximum absolute atomic E-state index is 13.7. The fraction of sp³-hybridized carbons (Fsp3) is 0.214. The van der Waals surface area contributed by atoms with Crippen LogP contribution in [0.4, 0.5) is 10.5 Å². The summed E-state index contributed by atoms with van der Waals surface area (Å²) in [4.78, 5) is 24.2. The number of carbonyl (C=O) groups excluding carboxylic acids is 2. The molecule has 0 bridgehead atoms. The smallest absolute Gasteiger partial charge is 0.290 e. The molecular weight excluding hydrogens is 539 g/mol. The molecule has 0 spiro atoms. The molecule has 0 radical (unpaired) electrons. The van der Waals surface area contributed by atoms with Gasteiger partial charge in [-0.25, -0.2) is 8.42 Å². The molecule has 2 aliphatic rings. The van der Waals surface area contributed by atoms with E-state index in [0.29, 0.717) is 18.0 Å². The van der Waals surface area contributed by atoms with Crippen molar-refractivity contribution >= 4 is 56.5 Å². The Hall–Kier alpha value is -3.05. The number of imide groups is 1. The molecule has 2 heterocycles. The monoisotopic (exact) mass is 565 g/mol. The Bertz CT molecular complexity index is 1470. The maximum Gasteiger partial charge on any atom is 0.290 e. The summed E-state index contributed by atoms with van der Waals surface area (Å²) >= 11 is 2.54. The van der Waals surface area contributed by atoms with Crippen molar-refractivity contribution in [3.05, 3.63) is 89.3 Å². The summed E-state index contributed by atoms with van der Waals surface area (Å²) in [7, 11) is -3.70. The normalized spacial score (nSPS) is 21.1. The van der Waals surface area contributed by atoms with Crippen LogP contribution in [0.2, 0.25) is 0 Å². The van der Waals surface area contributed by atoms with E-state index < -0.39 is 21.2 Å². The molecular formula is C28H27N3O4S3. The highest BCUT2D eigenvalue weighted by molar-refractivity contribution is 8.18. The fourth-order valence-electron chi connectivity index (χ4n) is 4.65. The third-order valence-corrected chi connectivity index (χ3v) is 10.4. The van der Waals surface area contributed by atoms with Gasteiger partial charge in [0.2, 0.25) is 10.0 Å². The molecule has 3 aromatic rings. The Kier molecular flexibility index (Phi) is 7.94. The highest BCUT2D eigenvalue weighted by atomic mass is 32.2. The van der Waals surface area contributed by atoms with E-state index in [4.69, 9.17) is 0 Å². The lowest BCUT2D eigenvalue weighted by Gasteiger charge is -2.25. The van der Waals surface area contributed by atoms with Gasteiger partial charge in [0.1, 0.15) is 0 Å². The molecule has 2 aliphatic heterocycles. The molecule has 38 heavy (non-hydrogen) atoms. The second-order valence-electron chi connectivity index (χ2n) is 9.03. The first-order valence-corrected chi connectivity index (χ1v) is 15.7. The van der Waals surface area contributed by atoms with Gasteiger partial charge < -0.3 is 5.32 Å². The van der Waals surface area contributed by atoms with Gasteiger partial charge in [0.15, 0.2) is 0 Å². The van der Waals surface area contributed by atoms with Crippen LogP contribution >= 0.6 is 23.5 Å². The number of hydrogen-bond donors (Lipinski definition) is 2. The van der Waals surface area contributed by atoms with Gasteiger partial charge in [-0.2, -0.15) is 16.1 Å². The molecule has 5 rings (SSSR count). The standard InChI is InChI=1S/C28H27N3O4S3/c1-36-23-16-22(17-29-25-10-6-5-9-21(25)15-26-27(32)30-28(33)37-26)31(18-23)38(34,35)24-13-11-20(12-14-24)19-7-3-2-4-8-19/h2-15,22-23,29H,16-18H2,1H3,(H,30,32,33)/b26-15-/t22-,23-/m0/s1. The summed E-state index contributed by atoms with van der Waals surface area (Å²) in [6.07, 6.45) is 4.41. The van der Waals surface area contributed by atoms with Gasteiger partial charge in [0.05, 0.1) is 9.80 Å². The molecule has 0 aromatic heterocycles. The SMILES string of the molecule is CS[C@H]1C[C@@H](CNc2ccccc2/C=C2\SC(=O)NC2=O)N(S(=O)(=O)c2ccc(-c3ccccc3)cc2)C1. The second kappa shape index (κ2) is 11.4. The van der Waals surface area contributed by atoms with Crippen LogP contribution in [0.1, 0.15) is 12.0 Å². The summed E-state index contributed by atoms with van der Waals surface area (Å²) in [6.45, 7) is 0.859. The van der Waals surface area contributed by atoms with Crippen LogP contribution < -0.4 is 10.6 Å². The second-order valence-corrected chi connectivity index (χ2v) is 13.1. The third kappa shape index (κ3) is 5.68. The van der Waals surface area contributed by atoms with E-state index in [2.05, 4.69) is 10.6 Å². The van der Waals surface area contributed by atoms with Crippen LogP contribution in [0.5, 0.6) is 0 Å². The summed E-state index contributed by atoms with van der Waals surface area (Å²) in [6, 6.07) is 24.2. The number of benzene rings is 3. The highest BCUT2D eigenvalue weighted by Gasteiger charge is 2.40. The molecule has 2 atom stereocenters. The van der Waals surface area contributed by atoms with Crippen LogP contribution in [0.15, 0.2) is 88.7 Å². The number of sulfonamides is 1. The molecule has 10 heteroatoms. The molecule has 2 amide bonds. The molecule has 3 aromatic carbocycles. The Balaban J connectivity index is 1.35. The van der Waals surface area contributed by atoms with Gasteiger partial charge >= 0.3 is 0 Å². The van der Waals surface area contributed by atoms with Crippen LogP contribution in [-0.4, -0.2) is 54.5 Å². The van der Waals surface area contributed by atoms with Gasteiger partial charge in [-0.05, 0) is 65.4 Å². The first kappa shape index (κ1) is 26.6. The number of nitrogens with zero attached hydrogens (tertiary/aromatic N) is 1. The Labute approximate surface area is 231 Å². The summed E-state index contributed by atoms with van der Waals surface area (Å²) in [5.41, 5.74) is 3.52. The van der Waals surface area contributed by atoms with Gasteiger partial charge in [0.25, 0.3) is 11.1 Å². The largest absolute Gasteiger partial charge is 0.383 e. The lowest BCUT2D eigenvalue weighted by atomic mass is 10.1. The van der Waals surface area contributed by atoms with Crippen molar-refractivity contribution in [3.8, 4) is 11.1 Å². The maximum atomic E-state index is 13.7. The quantitative estimate of drug-likeness (QED) is 0.359. The predicted octanol–water partition coefficient (Wildman–Crippen LogP) is 5.28. The molecule has 0 aliphatic carbocycles. The van der Waals surface area contributed by atoms with E-state index in [1.54, 1.807) is 34.3 Å². The fourth-order valence-corrected chi connectivity index (χ4v) is 7.83. The van der Waals surface area contributed by atoms with Crippen molar-refractivity contribution in [2.75, 3.05) is 24.7 Å². The molecule has 2 fully saturated rings. The van der Waals surface area contributed by atoms with E-state index in [1.165, 1.54) is 0 Å². The van der Waals surface area contributed by atoms with E-state index in [-0.39, 0.29) is 16.2 Å². The minimum Gasteiger partial charge on any atom is -0.383 e. The zero-order valence-corrected chi connectivity index (χ0v) is 23.1. The number of carbonyl (C=O) groups is 2. The van der Waals surface area contributed by atoms with Gasteiger partial charge in [-0.3, -0.25) is 14.9 Å². The number of amides is 2. The van der Waals surface area contributed by atoms with Crippen LogP contribution in [-0.2, 0) is 14.8 Å². The van der Waals surface area contributed by atoms with Crippen molar-refractivity contribution in [3.63, 3.8) is 0 Å². The van der Waals surface area contributed by atoms with E-state index in [9.17, 15) is 18.0 Å². The molecule has 7 nitrogen and oxygen atoms in total. The molecule has 196 valence electrons. The average Bonchev–Trinajstić information content (AvgIpc) is 3.51. The lowest BCUT2D eigenvalue weighted by Crippen LogP contribution is -2.39. The number of para-hydroxylation sites is 1. The van der Waals surface area contributed by atoms with Crippen molar-refractivity contribution in [2.45, 2.75) is 22.6 Å². The van der Waals surface area contributed by atoms with Gasteiger partial charge in [0, 0.05) is 30.1 Å². The number of nitrogens with one attached hydrogen (secondary N) is 2. The summed E-state index contributed by atoms with van der Waals surface area (Å²) in [5.74, 6) is -0.413. The summed E-state index contributed by atoms with van der Waals surface area (Å²) < 4.78 is 29.1. The lowest BCUT2D eigenvalue weighted by molar-refractivity contribution is -0.115. The van der Waals surface area contributed by atoms with Crippen molar-refractivity contribution < 1.29 is 18.0 Å². The first-order chi connectivity index (χ1) is 18.3. The number of thioether (sulfide) groups is 2. The molecule has 0 unspecified atom stereocenters. The van der Waals surface area contributed by atoms with Gasteiger partial charge in [-0.1, -0.05) is 60.7 Å². The minimum atomic E-state index is -3.70. The first-order valence-electron chi connectivity index (χ1n) is 12.1. The minimum absolute atomic E-state index is 0.196. The Morgan fingerprint density at radius 1 is 1.00 bits per heavy atom. The summed E-state index contributed by atoms with van der Waals surface area (Å²) in [5, 5.41) is 5.47. The number of hydrogen-bond acceptors (Lipinski definition) is 7. The van der Waals surface area contributed by atoms with Crippen molar-refractivity contribution in [2.24, 2.45) is 0 Å². The topological polar surface area (TPSA) is 95.6 Å². The number of anilines is 1. The van der Waals surface area contributed by atoms with E-state index in [0.717, 1.165) is 40.6 Å². The van der Waals surface area contributed by atoms with E-state index in [1.807, 2.05) is 73.0 Å². The molecule has 0 saturated carbocycles. The highest BCUT2D eigenvalue weighted by Crippen LogP contribution is 2.33. The Morgan fingerprint density at radius 2 is 1.68 bits per heavy atom. The zero-order valence-electron chi connectivity index (χ0n) is 20.7. The van der Waals surface area contributed by atoms with Crippen molar-refractivity contribution in [1.82, 2.24) is 9.62 Å². The van der Waals surface area contributed by atoms with Gasteiger partial charge in [-0.15, -0.1) is 0 Å². The molecule has 2 N–H and O–H groups in total. The Morgan fingerprint density at radius 3 is 2.37 bits per heavy atom. The van der Waals surface area contributed by atoms with Crippen LogP contribution in [0, 0.1) is 0 Å². The zero-order chi connectivity index (χ0) is 26.7. The molecule has 2 saturated heterocycles. The number of rotatable bonds is 8. The average molecular weight is 566 g/mol. The van der Waals surface area contributed by atoms with Crippen LogP contribution in [0.3, 0.4) is 0 Å². The van der Waals surface area contributed by atoms with Crippen LogP contribution in [0.25, 0.3) is 17.2 Å². The van der Waals surface area contributed by atoms with Crippen molar-refractivity contribution in [1.29, 1.82) is 0 Å². The predicted molar refractivity (Wildman–Crippen MR) is 156 cm³/mol. The third-order valence-electron chi connectivity index (χ3n) is 6.64. The van der Waals surface area contributed by atoms with E-state index >= 15 is 0 Å².